The first-order valence-electron chi connectivity index (χ1n) is 6.39. The monoisotopic (exact) mass is 315 g/mol. The van der Waals surface area contributed by atoms with Crippen LogP contribution in [-0.2, 0) is 0 Å². The van der Waals surface area contributed by atoms with Crippen LogP contribution in [0.25, 0.3) is 10.6 Å². The van der Waals surface area contributed by atoms with Crippen molar-refractivity contribution in [2.75, 3.05) is 5.32 Å². The summed E-state index contributed by atoms with van der Waals surface area (Å²) >= 11 is 2.78. The smallest absolute Gasteiger partial charge is 0.267 e. The maximum Gasteiger partial charge on any atom is 0.267 e. The molecule has 0 fully saturated rings. The highest BCUT2D eigenvalue weighted by molar-refractivity contribution is 7.18. The molecule has 0 aliphatic heterocycles. The van der Waals surface area contributed by atoms with Gasteiger partial charge in [0.15, 0.2) is 0 Å². The Morgan fingerprint density at radius 1 is 1.19 bits per heavy atom. The van der Waals surface area contributed by atoms with Gasteiger partial charge in [0, 0.05) is 5.56 Å². The second-order valence-electron chi connectivity index (χ2n) is 4.66. The van der Waals surface area contributed by atoms with Gasteiger partial charge in [-0.2, -0.15) is 0 Å². The number of nitrogens with one attached hydrogen (secondary N) is 1. The molecule has 0 aliphatic carbocycles. The molecule has 3 rings (SSSR count). The van der Waals surface area contributed by atoms with Gasteiger partial charge in [-0.15, -0.1) is 21.5 Å². The van der Waals surface area contributed by atoms with Crippen molar-refractivity contribution in [3.63, 3.8) is 0 Å². The van der Waals surface area contributed by atoms with E-state index in [1.165, 1.54) is 28.2 Å². The van der Waals surface area contributed by atoms with E-state index in [9.17, 15) is 4.79 Å². The van der Waals surface area contributed by atoms with Crippen LogP contribution < -0.4 is 5.32 Å². The molecule has 0 bridgehead atoms. The van der Waals surface area contributed by atoms with E-state index >= 15 is 0 Å². The lowest BCUT2D eigenvalue weighted by atomic mass is 10.1. The number of nitrogens with zero attached hydrogens (tertiary/aromatic N) is 2. The second-order valence-corrected chi connectivity index (χ2v) is 6.59. The second kappa shape index (κ2) is 5.75. The molecule has 2 aromatic heterocycles. The van der Waals surface area contributed by atoms with Gasteiger partial charge in [-0.05, 0) is 30.9 Å². The highest BCUT2D eigenvalue weighted by atomic mass is 32.1. The van der Waals surface area contributed by atoms with Crippen molar-refractivity contribution in [1.82, 2.24) is 10.2 Å². The number of thiophene rings is 1. The number of amides is 1. The van der Waals surface area contributed by atoms with Crippen LogP contribution in [0.15, 0.2) is 35.7 Å². The van der Waals surface area contributed by atoms with E-state index in [2.05, 4.69) is 28.5 Å². The summed E-state index contributed by atoms with van der Waals surface area (Å²) in [6.45, 7) is 4.11. The Bertz CT molecular complexity index is 778. The highest BCUT2D eigenvalue weighted by Crippen LogP contribution is 2.29. The van der Waals surface area contributed by atoms with E-state index in [1.807, 2.05) is 30.5 Å². The lowest BCUT2D eigenvalue weighted by molar-refractivity contribution is 0.103. The lowest BCUT2D eigenvalue weighted by Crippen LogP contribution is -2.09. The molecular weight excluding hydrogens is 302 g/mol. The SMILES string of the molecule is Cc1ccc(-c2nnc(NC(=O)c3cccs3)s2)c(C)c1. The van der Waals surface area contributed by atoms with Crippen molar-refractivity contribution in [3.05, 3.63) is 51.7 Å². The van der Waals surface area contributed by atoms with Crippen molar-refractivity contribution >= 4 is 33.7 Å². The number of rotatable bonds is 3. The maximum atomic E-state index is 12.0. The predicted molar refractivity (Wildman–Crippen MR) is 87.1 cm³/mol. The van der Waals surface area contributed by atoms with Crippen LogP contribution in [-0.4, -0.2) is 16.1 Å². The van der Waals surface area contributed by atoms with Gasteiger partial charge in [-0.3, -0.25) is 10.1 Å². The largest absolute Gasteiger partial charge is 0.296 e. The fourth-order valence-corrected chi connectivity index (χ4v) is 3.45. The Labute approximate surface area is 130 Å². The van der Waals surface area contributed by atoms with Crippen LogP contribution >= 0.6 is 22.7 Å². The first kappa shape index (κ1) is 13.9. The van der Waals surface area contributed by atoms with Crippen molar-refractivity contribution < 1.29 is 4.79 Å². The molecule has 1 N–H and O–H groups in total. The number of hydrogen-bond donors (Lipinski definition) is 1. The molecule has 0 saturated heterocycles. The summed E-state index contributed by atoms with van der Waals surface area (Å²) in [5.74, 6) is -0.145. The number of benzene rings is 1. The van der Waals surface area contributed by atoms with Crippen LogP contribution in [0.4, 0.5) is 5.13 Å². The van der Waals surface area contributed by atoms with Gasteiger partial charge in [0.05, 0.1) is 4.88 Å². The maximum absolute atomic E-state index is 12.0. The van der Waals surface area contributed by atoms with Crippen molar-refractivity contribution in [3.8, 4) is 10.6 Å². The molecule has 21 heavy (non-hydrogen) atoms. The molecule has 0 saturated carbocycles. The summed E-state index contributed by atoms with van der Waals surface area (Å²) < 4.78 is 0. The van der Waals surface area contributed by atoms with Gasteiger partial charge in [-0.1, -0.05) is 41.2 Å². The number of hydrogen-bond acceptors (Lipinski definition) is 5. The van der Waals surface area contributed by atoms with Crippen molar-refractivity contribution in [2.24, 2.45) is 0 Å². The van der Waals surface area contributed by atoms with Crippen LogP contribution in [0.2, 0.25) is 0 Å². The summed E-state index contributed by atoms with van der Waals surface area (Å²) in [7, 11) is 0. The van der Waals surface area contributed by atoms with Crippen LogP contribution in [0.5, 0.6) is 0 Å². The van der Waals surface area contributed by atoms with E-state index in [0.717, 1.165) is 16.1 Å². The van der Waals surface area contributed by atoms with Gasteiger partial charge < -0.3 is 0 Å². The molecule has 3 aromatic rings. The van der Waals surface area contributed by atoms with Crippen LogP contribution in [0.1, 0.15) is 20.8 Å². The third-order valence-corrected chi connectivity index (χ3v) is 4.74. The topological polar surface area (TPSA) is 54.9 Å². The highest BCUT2D eigenvalue weighted by Gasteiger charge is 2.13. The molecule has 0 atom stereocenters. The van der Waals surface area contributed by atoms with E-state index in [4.69, 9.17) is 0 Å². The minimum Gasteiger partial charge on any atom is -0.296 e. The number of carbonyl (C=O) groups excluding carboxylic acids is 1. The Balaban J connectivity index is 1.82. The molecule has 0 unspecified atom stereocenters. The van der Waals surface area contributed by atoms with Crippen LogP contribution in [0, 0.1) is 13.8 Å². The zero-order chi connectivity index (χ0) is 14.8. The Hall–Kier alpha value is -2.05. The average molecular weight is 315 g/mol. The van der Waals surface area contributed by atoms with Crippen LogP contribution in [0.3, 0.4) is 0 Å². The Kier molecular flexibility index (Phi) is 3.81. The molecule has 106 valence electrons. The van der Waals surface area contributed by atoms with Gasteiger partial charge in [-0.25, -0.2) is 0 Å². The molecule has 4 nitrogen and oxygen atoms in total. The third-order valence-electron chi connectivity index (χ3n) is 3.00. The number of aryl methyl sites for hydroxylation is 2. The Morgan fingerprint density at radius 3 is 2.76 bits per heavy atom. The fraction of sp³-hybridized carbons (Fsp3) is 0.133. The first-order valence-corrected chi connectivity index (χ1v) is 8.09. The third kappa shape index (κ3) is 3.01. The van der Waals surface area contributed by atoms with Gasteiger partial charge in [0.2, 0.25) is 5.13 Å². The van der Waals surface area contributed by atoms with E-state index < -0.39 is 0 Å². The quantitative estimate of drug-likeness (QED) is 0.790. The van der Waals surface area contributed by atoms with E-state index in [1.54, 1.807) is 6.07 Å². The number of anilines is 1. The minimum absolute atomic E-state index is 0.145. The van der Waals surface area contributed by atoms with Crippen molar-refractivity contribution in [1.29, 1.82) is 0 Å². The summed E-state index contributed by atoms with van der Waals surface area (Å²) in [4.78, 5) is 12.6. The van der Waals surface area contributed by atoms with Gasteiger partial charge >= 0.3 is 0 Å². The molecule has 1 amide bonds. The molecule has 0 radical (unpaired) electrons. The summed E-state index contributed by atoms with van der Waals surface area (Å²) in [6.07, 6.45) is 0. The average Bonchev–Trinajstić information content (AvgIpc) is 3.09. The Morgan fingerprint density at radius 2 is 2.05 bits per heavy atom. The fourth-order valence-electron chi connectivity index (χ4n) is 2.00. The summed E-state index contributed by atoms with van der Waals surface area (Å²) in [5.41, 5.74) is 3.42. The standard InChI is InChI=1S/C15H13N3OS2/c1-9-5-6-11(10(2)8-9)14-17-18-15(21-14)16-13(19)12-4-3-7-20-12/h3-8H,1-2H3,(H,16,18,19). The molecule has 1 aromatic carbocycles. The predicted octanol–water partition coefficient (Wildman–Crippen LogP) is 4.14. The van der Waals surface area contributed by atoms with Gasteiger partial charge in [0.1, 0.15) is 5.01 Å². The number of aromatic nitrogens is 2. The normalized spacial score (nSPS) is 10.6. The summed E-state index contributed by atoms with van der Waals surface area (Å²) in [6, 6.07) is 9.83. The van der Waals surface area contributed by atoms with E-state index in [-0.39, 0.29) is 5.91 Å². The molecule has 6 heteroatoms. The van der Waals surface area contributed by atoms with Gasteiger partial charge in [0.25, 0.3) is 5.91 Å². The molecule has 0 aliphatic rings. The molecule has 0 spiro atoms. The summed E-state index contributed by atoms with van der Waals surface area (Å²) in [5, 5.41) is 14.2. The van der Waals surface area contributed by atoms with Crippen molar-refractivity contribution in [2.45, 2.75) is 13.8 Å². The minimum atomic E-state index is -0.145. The molecule has 2 heterocycles. The lowest BCUT2D eigenvalue weighted by Gasteiger charge is -2.02. The first-order chi connectivity index (χ1) is 10.1. The molecular formula is C15H13N3OS2. The number of carbonyl (C=O) groups is 1. The zero-order valence-electron chi connectivity index (χ0n) is 11.6. The zero-order valence-corrected chi connectivity index (χ0v) is 13.2. The van der Waals surface area contributed by atoms with E-state index in [0.29, 0.717) is 10.0 Å².